The van der Waals surface area contributed by atoms with Crippen molar-refractivity contribution in [2.75, 3.05) is 11.9 Å². The Bertz CT molecular complexity index is 1090. The summed E-state index contributed by atoms with van der Waals surface area (Å²) in [6.07, 6.45) is 5.49. The first kappa shape index (κ1) is 20.8. The molecule has 1 fully saturated rings. The fourth-order valence-electron chi connectivity index (χ4n) is 3.36. The van der Waals surface area contributed by atoms with E-state index in [1.165, 1.54) is 0 Å². The minimum absolute atomic E-state index is 0.233. The molecule has 0 saturated heterocycles. The van der Waals surface area contributed by atoms with E-state index >= 15 is 0 Å². The summed E-state index contributed by atoms with van der Waals surface area (Å²) < 4.78 is 5.42. The lowest BCUT2D eigenvalue weighted by molar-refractivity contribution is 0.0486. The fraction of sp³-hybridized carbons (Fsp3) is 0.240. The lowest BCUT2D eigenvalue weighted by Crippen LogP contribution is -2.14. The van der Waals surface area contributed by atoms with E-state index in [1.807, 2.05) is 31.2 Å². The number of amides is 1. The molecule has 1 aliphatic rings. The smallest absolute Gasteiger partial charge is 0.338 e. The first-order chi connectivity index (χ1) is 15.0. The van der Waals surface area contributed by atoms with Gasteiger partial charge in [-0.3, -0.25) is 9.78 Å². The lowest BCUT2D eigenvalue weighted by Gasteiger charge is -2.16. The van der Waals surface area contributed by atoms with Gasteiger partial charge in [0.25, 0.3) is 5.91 Å². The van der Waals surface area contributed by atoms with E-state index in [4.69, 9.17) is 10.5 Å². The van der Waals surface area contributed by atoms with Crippen molar-refractivity contribution in [3.05, 3.63) is 83.7 Å². The topological polar surface area (TPSA) is 94.3 Å². The first-order valence-corrected chi connectivity index (χ1v) is 10.4. The molecule has 1 amide bonds. The number of benzene rings is 2. The van der Waals surface area contributed by atoms with Crippen molar-refractivity contribution in [2.45, 2.75) is 25.8 Å². The minimum atomic E-state index is -0.331. The van der Waals surface area contributed by atoms with Crippen LogP contribution in [0.4, 0.5) is 5.69 Å². The summed E-state index contributed by atoms with van der Waals surface area (Å²) in [5, 5.41) is 2.86. The van der Waals surface area contributed by atoms with E-state index < -0.39 is 0 Å². The number of rotatable bonds is 7. The molecule has 6 heteroatoms. The normalized spacial score (nSPS) is 14.0. The average Bonchev–Trinajstić information content (AvgIpc) is 3.62. The van der Waals surface area contributed by atoms with Crippen LogP contribution in [0, 0.1) is 5.92 Å². The Morgan fingerprint density at radius 3 is 2.58 bits per heavy atom. The molecule has 0 radical (unpaired) electrons. The largest absolute Gasteiger partial charge is 0.462 e. The summed E-state index contributed by atoms with van der Waals surface area (Å²) >= 11 is 0. The maximum Gasteiger partial charge on any atom is 0.338 e. The summed E-state index contributed by atoms with van der Waals surface area (Å²) in [4.78, 5) is 29.2. The van der Waals surface area contributed by atoms with Crippen molar-refractivity contribution in [3.8, 4) is 11.1 Å². The summed E-state index contributed by atoms with van der Waals surface area (Å²) in [5.74, 6) is -0.0567. The first-order valence-electron chi connectivity index (χ1n) is 10.4. The number of hydrogen-bond donors (Lipinski definition) is 2. The number of esters is 1. The number of ether oxygens (including phenoxy) is 1. The molecule has 6 nitrogen and oxygen atoms in total. The molecule has 1 heterocycles. The number of hydrogen-bond acceptors (Lipinski definition) is 5. The van der Waals surface area contributed by atoms with E-state index in [-0.39, 0.29) is 17.9 Å². The van der Waals surface area contributed by atoms with Crippen molar-refractivity contribution < 1.29 is 14.3 Å². The third-order valence-corrected chi connectivity index (χ3v) is 5.30. The quantitative estimate of drug-likeness (QED) is 0.551. The highest BCUT2D eigenvalue weighted by molar-refractivity contribution is 6.05. The van der Waals surface area contributed by atoms with E-state index in [9.17, 15) is 9.59 Å². The van der Waals surface area contributed by atoms with Gasteiger partial charge in [0.15, 0.2) is 0 Å². The van der Waals surface area contributed by atoms with Gasteiger partial charge in [0, 0.05) is 29.7 Å². The Kier molecular flexibility index (Phi) is 6.09. The van der Waals surface area contributed by atoms with Gasteiger partial charge < -0.3 is 15.8 Å². The third-order valence-electron chi connectivity index (χ3n) is 5.30. The van der Waals surface area contributed by atoms with E-state index in [2.05, 4.69) is 10.3 Å². The zero-order valence-electron chi connectivity index (χ0n) is 17.4. The maximum atomic E-state index is 12.8. The fourth-order valence-corrected chi connectivity index (χ4v) is 3.36. The van der Waals surface area contributed by atoms with Crippen LogP contribution in [0.2, 0.25) is 0 Å². The summed E-state index contributed by atoms with van der Waals surface area (Å²) in [5.41, 5.74) is 10.4. The molecule has 4 rings (SSSR count). The monoisotopic (exact) mass is 415 g/mol. The number of nitrogens with one attached hydrogen (secondary N) is 1. The second kappa shape index (κ2) is 9.10. The summed E-state index contributed by atoms with van der Waals surface area (Å²) in [6.45, 7) is 2.36. The molecule has 1 saturated carbocycles. The van der Waals surface area contributed by atoms with Crippen molar-refractivity contribution in [3.63, 3.8) is 0 Å². The molecular formula is C25H25N3O3. The lowest BCUT2D eigenvalue weighted by atomic mass is 9.92. The minimum Gasteiger partial charge on any atom is -0.462 e. The summed E-state index contributed by atoms with van der Waals surface area (Å²) in [6, 6.07) is 15.9. The molecule has 158 valence electrons. The Balaban J connectivity index is 1.63. The highest BCUT2D eigenvalue weighted by Gasteiger charge is 2.23. The maximum absolute atomic E-state index is 12.8. The molecule has 2 aromatic carbocycles. The highest BCUT2D eigenvalue weighted by atomic mass is 16.5. The van der Waals surface area contributed by atoms with Gasteiger partial charge in [-0.25, -0.2) is 4.79 Å². The molecular weight excluding hydrogens is 390 g/mol. The van der Waals surface area contributed by atoms with Crippen LogP contribution in [0.1, 0.15) is 52.1 Å². The van der Waals surface area contributed by atoms with Gasteiger partial charge in [-0.05, 0) is 78.8 Å². The van der Waals surface area contributed by atoms with Gasteiger partial charge in [-0.2, -0.15) is 0 Å². The van der Waals surface area contributed by atoms with Gasteiger partial charge in [0.05, 0.1) is 12.2 Å². The third kappa shape index (κ3) is 5.16. The van der Waals surface area contributed by atoms with Crippen molar-refractivity contribution in [1.82, 2.24) is 4.98 Å². The van der Waals surface area contributed by atoms with Crippen LogP contribution in [0.5, 0.6) is 0 Å². The molecule has 3 aromatic rings. The number of aromatic nitrogens is 1. The molecule has 3 N–H and O–H groups in total. The van der Waals surface area contributed by atoms with E-state index in [0.29, 0.717) is 29.3 Å². The molecule has 31 heavy (non-hydrogen) atoms. The van der Waals surface area contributed by atoms with Gasteiger partial charge in [0.2, 0.25) is 0 Å². The Morgan fingerprint density at radius 2 is 1.87 bits per heavy atom. The molecule has 1 unspecified atom stereocenters. The van der Waals surface area contributed by atoms with Gasteiger partial charge in [-0.1, -0.05) is 18.2 Å². The highest BCUT2D eigenvalue weighted by Crippen LogP contribution is 2.31. The molecule has 0 spiro atoms. The molecule has 0 bridgehead atoms. The number of nitrogens with two attached hydrogens (primary N) is 1. The van der Waals surface area contributed by atoms with E-state index in [1.54, 1.807) is 42.7 Å². The predicted octanol–water partition coefficient (Wildman–Crippen LogP) is 4.59. The van der Waals surface area contributed by atoms with Crippen LogP contribution in [-0.4, -0.2) is 23.5 Å². The second-order valence-corrected chi connectivity index (χ2v) is 7.90. The summed E-state index contributed by atoms with van der Waals surface area (Å²) in [7, 11) is 0. The number of nitrogens with zero attached hydrogens (tertiary/aromatic N) is 1. The van der Waals surface area contributed by atoms with Gasteiger partial charge in [0.1, 0.15) is 0 Å². The van der Waals surface area contributed by atoms with Crippen LogP contribution >= 0.6 is 0 Å². The standard InChI is InChI=1S/C25H25N3O3/c1-16(26)22-8-7-19(24(29)28-21-9-11-27-12-10-21)14-23(22)18-3-2-4-20(13-18)25(30)31-15-17-5-6-17/h2-4,7-14,16-17H,5-6,15,26H2,1H3,(H,27,28,29). The Labute approximate surface area is 181 Å². The van der Waals surface area contributed by atoms with Gasteiger partial charge in [-0.15, -0.1) is 0 Å². The number of pyridine rings is 1. The zero-order chi connectivity index (χ0) is 21.8. The van der Waals surface area contributed by atoms with Gasteiger partial charge >= 0.3 is 5.97 Å². The van der Waals surface area contributed by atoms with E-state index in [0.717, 1.165) is 29.5 Å². The predicted molar refractivity (Wildman–Crippen MR) is 120 cm³/mol. The van der Waals surface area contributed by atoms with Crippen molar-refractivity contribution >= 4 is 17.6 Å². The number of anilines is 1. The zero-order valence-corrected chi connectivity index (χ0v) is 17.4. The SMILES string of the molecule is CC(N)c1ccc(C(=O)Nc2ccncc2)cc1-c1cccc(C(=O)OCC2CC2)c1. The van der Waals surface area contributed by atoms with Crippen LogP contribution in [0.25, 0.3) is 11.1 Å². The van der Waals surface area contributed by atoms with Crippen LogP contribution in [-0.2, 0) is 4.74 Å². The molecule has 1 aliphatic carbocycles. The molecule has 0 aliphatic heterocycles. The van der Waals surface area contributed by atoms with Crippen molar-refractivity contribution in [1.29, 1.82) is 0 Å². The van der Waals surface area contributed by atoms with Crippen molar-refractivity contribution in [2.24, 2.45) is 11.7 Å². The number of carbonyl (C=O) groups is 2. The van der Waals surface area contributed by atoms with Crippen LogP contribution in [0.3, 0.4) is 0 Å². The Hall–Kier alpha value is -3.51. The van der Waals surface area contributed by atoms with Crippen LogP contribution < -0.4 is 11.1 Å². The average molecular weight is 415 g/mol. The molecule has 1 atom stereocenters. The molecule has 1 aromatic heterocycles. The number of carbonyl (C=O) groups excluding carboxylic acids is 2. The second-order valence-electron chi connectivity index (χ2n) is 7.90. The Morgan fingerprint density at radius 1 is 1.10 bits per heavy atom. The van der Waals surface area contributed by atoms with Crippen LogP contribution in [0.15, 0.2) is 67.0 Å².